The summed E-state index contributed by atoms with van der Waals surface area (Å²) < 4.78 is 60.8. The first kappa shape index (κ1) is 21.1. The zero-order valence-corrected chi connectivity index (χ0v) is 15.6. The summed E-state index contributed by atoms with van der Waals surface area (Å²) in [7, 11) is -4.72. The van der Waals surface area contributed by atoms with E-state index >= 15 is 0 Å². The minimum atomic E-state index is -4.72. The van der Waals surface area contributed by atoms with Crippen LogP contribution in [0.2, 0.25) is 0 Å². The summed E-state index contributed by atoms with van der Waals surface area (Å²) in [5.74, 6) is -3.13. The number of rotatable bonds is 8. The molecular weight excluding hydrogens is 401 g/mol. The Morgan fingerprint density at radius 2 is 1.81 bits per heavy atom. The Balaban J connectivity index is 1.76. The lowest BCUT2D eigenvalue weighted by Crippen LogP contribution is -2.29. The van der Waals surface area contributed by atoms with Gasteiger partial charge in [-0.3, -0.25) is 0 Å². The molecule has 0 aliphatic carbocycles. The molecule has 0 unspecified atom stereocenters. The van der Waals surface area contributed by atoms with Gasteiger partial charge in [0.15, 0.2) is 0 Å². The van der Waals surface area contributed by atoms with Gasteiger partial charge in [-0.15, -0.1) is 11.8 Å². The van der Waals surface area contributed by atoms with Crippen molar-refractivity contribution < 1.29 is 26.4 Å². The number of alkyl halides is 2. The van der Waals surface area contributed by atoms with Gasteiger partial charge in [-0.1, -0.05) is 6.07 Å². The molecule has 2 aromatic carbocycles. The Labute approximate surface area is 159 Å². The lowest BCUT2D eigenvalue weighted by Gasteiger charge is -2.09. The van der Waals surface area contributed by atoms with Crippen LogP contribution in [-0.2, 0) is 9.84 Å². The number of sulfone groups is 1. The Morgan fingerprint density at radius 1 is 1.11 bits per heavy atom. The molecule has 2 N–H and O–H groups in total. The standard InChI is InChI=1S/C17H17F3N2O3S2/c18-12-5-7-14(8-6-12)26-10-2-9-21-17(23)22-13-3-1-4-15(11-13)27(24,25)16(19)20/h1,3-8,11,16H,2,9-10H2,(H2,21,22,23). The predicted molar refractivity (Wildman–Crippen MR) is 98.4 cm³/mol. The molecule has 0 saturated heterocycles. The fourth-order valence-corrected chi connectivity index (χ4v) is 3.64. The lowest BCUT2D eigenvalue weighted by atomic mass is 10.3. The number of anilines is 1. The Kier molecular flexibility index (Phi) is 7.55. The number of carbonyl (C=O) groups is 1. The van der Waals surface area contributed by atoms with Crippen LogP contribution in [0.3, 0.4) is 0 Å². The molecule has 0 bridgehead atoms. The highest BCUT2D eigenvalue weighted by Crippen LogP contribution is 2.21. The van der Waals surface area contributed by atoms with Gasteiger partial charge in [0.05, 0.1) is 4.90 Å². The summed E-state index contributed by atoms with van der Waals surface area (Å²) in [4.78, 5) is 12.2. The normalized spacial score (nSPS) is 11.4. The van der Waals surface area contributed by atoms with Crippen LogP contribution in [0.1, 0.15) is 6.42 Å². The van der Waals surface area contributed by atoms with Crippen molar-refractivity contribution in [3.05, 3.63) is 54.3 Å². The van der Waals surface area contributed by atoms with Crippen LogP contribution in [-0.4, -0.2) is 32.5 Å². The molecule has 0 saturated carbocycles. The van der Waals surface area contributed by atoms with E-state index in [1.165, 1.54) is 36.0 Å². The number of hydrogen-bond acceptors (Lipinski definition) is 4. The highest BCUT2D eigenvalue weighted by atomic mass is 32.2. The minimum absolute atomic E-state index is 0.0925. The predicted octanol–water partition coefficient (Wildman–Crippen LogP) is 4.13. The van der Waals surface area contributed by atoms with Crippen LogP contribution < -0.4 is 10.6 Å². The lowest BCUT2D eigenvalue weighted by molar-refractivity contribution is 0.235. The van der Waals surface area contributed by atoms with Gasteiger partial charge in [0, 0.05) is 17.1 Å². The highest BCUT2D eigenvalue weighted by Gasteiger charge is 2.26. The van der Waals surface area contributed by atoms with Gasteiger partial charge in [0.25, 0.3) is 0 Å². The number of thioether (sulfide) groups is 1. The molecule has 0 radical (unpaired) electrons. The van der Waals surface area contributed by atoms with Gasteiger partial charge in [0.1, 0.15) is 5.82 Å². The van der Waals surface area contributed by atoms with Gasteiger partial charge >= 0.3 is 11.8 Å². The third-order valence-electron chi connectivity index (χ3n) is 3.34. The number of halogens is 3. The number of benzene rings is 2. The maximum atomic E-state index is 12.8. The van der Waals surface area contributed by atoms with Crippen molar-refractivity contribution in [2.75, 3.05) is 17.6 Å². The van der Waals surface area contributed by atoms with Crippen molar-refractivity contribution in [1.29, 1.82) is 0 Å². The van der Waals surface area contributed by atoms with Crippen LogP contribution >= 0.6 is 11.8 Å². The largest absolute Gasteiger partial charge is 0.341 e. The number of amides is 2. The average Bonchev–Trinajstić information content (AvgIpc) is 2.63. The van der Waals surface area contributed by atoms with E-state index in [1.54, 1.807) is 12.1 Å². The van der Waals surface area contributed by atoms with Gasteiger partial charge < -0.3 is 10.6 Å². The second-order valence-electron chi connectivity index (χ2n) is 5.37. The molecule has 10 heteroatoms. The fourth-order valence-electron chi connectivity index (χ4n) is 2.02. The van der Waals surface area contributed by atoms with Crippen molar-refractivity contribution in [2.24, 2.45) is 0 Å². The van der Waals surface area contributed by atoms with Crippen molar-refractivity contribution in [2.45, 2.75) is 22.0 Å². The molecule has 2 aromatic rings. The summed E-state index contributed by atoms with van der Waals surface area (Å²) in [5.41, 5.74) is 0.0925. The molecular formula is C17H17F3N2O3S2. The fraction of sp³-hybridized carbons (Fsp3) is 0.235. The first-order valence-electron chi connectivity index (χ1n) is 7.84. The summed E-state index contributed by atoms with van der Waals surface area (Å²) in [5, 5.41) is 4.99. The van der Waals surface area contributed by atoms with E-state index in [0.717, 1.165) is 17.0 Å². The van der Waals surface area contributed by atoms with Crippen LogP contribution in [0.25, 0.3) is 0 Å². The Hall–Kier alpha value is -2.20. The summed E-state index contributed by atoms with van der Waals surface area (Å²) in [6.07, 6.45) is 0.648. The van der Waals surface area contributed by atoms with E-state index in [0.29, 0.717) is 18.7 Å². The molecule has 5 nitrogen and oxygen atoms in total. The van der Waals surface area contributed by atoms with E-state index in [2.05, 4.69) is 10.6 Å². The molecule has 0 atom stereocenters. The Morgan fingerprint density at radius 3 is 2.48 bits per heavy atom. The van der Waals surface area contributed by atoms with Crippen molar-refractivity contribution in [3.8, 4) is 0 Å². The first-order valence-corrected chi connectivity index (χ1v) is 10.4. The molecule has 2 rings (SSSR count). The second kappa shape index (κ2) is 9.65. The molecule has 0 heterocycles. The molecule has 0 aliphatic heterocycles. The van der Waals surface area contributed by atoms with E-state index in [1.807, 2.05) is 0 Å². The van der Waals surface area contributed by atoms with Gasteiger partial charge in [-0.2, -0.15) is 8.78 Å². The number of hydrogen-bond donors (Lipinski definition) is 2. The SMILES string of the molecule is O=C(NCCCSc1ccc(F)cc1)Nc1cccc(S(=O)(=O)C(F)F)c1. The van der Waals surface area contributed by atoms with Gasteiger partial charge in [-0.05, 0) is 54.6 Å². The van der Waals surface area contributed by atoms with E-state index in [9.17, 15) is 26.4 Å². The number of urea groups is 1. The maximum absolute atomic E-state index is 12.8. The second-order valence-corrected chi connectivity index (χ2v) is 8.46. The number of carbonyl (C=O) groups excluding carboxylic acids is 1. The molecule has 2 amide bonds. The molecule has 27 heavy (non-hydrogen) atoms. The van der Waals surface area contributed by atoms with Crippen LogP contribution in [0, 0.1) is 5.82 Å². The van der Waals surface area contributed by atoms with Gasteiger partial charge in [-0.25, -0.2) is 17.6 Å². The zero-order valence-electron chi connectivity index (χ0n) is 14.0. The maximum Gasteiger partial charge on any atom is 0.341 e. The monoisotopic (exact) mass is 418 g/mol. The molecule has 0 aliphatic rings. The summed E-state index contributed by atoms with van der Waals surface area (Å²) in [6.45, 7) is 0.356. The minimum Gasteiger partial charge on any atom is -0.338 e. The van der Waals surface area contributed by atoms with E-state index in [-0.39, 0.29) is 11.5 Å². The quantitative estimate of drug-likeness (QED) is 0.499. The van der Waals surface area contributed by atoms with Crippen molar-refractivity contribution in [3.63, 3.8) is 0 Å². The Bertz CT molecular complexity index is 875. The van der Waals surface area contributed by atoms with Crippen LogP contribution in [0.15, 0.2) is 58.3 Å². The van der Waals surface area contributed by atoms with Crippen molar-refractivity contribution in [1.82, 2.24) is 5.32 Å². The van der Waals surface area contributed by atoms with Crippen LogP contribution in [0.5, 0.6) is 0 Å². The molecule has 0 aromatic heterocycles. The zero-order chi connectivity index (χ0) is 19.9. The average molecular weight is 418 g/mol. The third kappa shape index (κ3) is 6.47. The molecule has 0 spiro atoms. The van der Waals surface area contributed by atoms with Crippen molar-refractivity contribution >= 4 is 33.3 Å². The number of nitrogens with one attached hydrogen (secondary N) is 2. The summed E-state index contributed by atoms with van der Waals surface area (Å²) >= 11 is 1.52. The highest BCUT2D eigenvalue weighted by molar-refractivity contribution is 7.99. The summed E-state index contributed by atoms with van der Waals surface area (Å²) in [6, 6.07) is 10.2. The first-order chi connectivity index (χ1) is 12.8. The third-order valence-corrected chi connectivity index (χ3v) is 5.82. The molecule has 0 fully saturated rings. The smallest absolute Gasteiger partial charge is 0.338 e. The topological polar surface area (TPSA) is 75.3 Å². The van der Waals surface area contributed by atoms with E-state index in [4.69, 9.17) is 0 Å². The van der Waals surface area contributed by atoms with E-state index < -0.39 is 26.5 Å². The van der Waals surface area contributed by atoms with Crippen LogP contribution in [0.4, 0.5) is 23.7 Å². The molecule has 146 valence electrons. The van der Waals surface area contributed by atoms with Gasteiger partial charge in [0.2, 0.25) is 9.84 Å².